The van der Waals surface area contributed by atoms with Crippen LogP contribution in [0.5, 0.6) is 0 Å². The Hall–Kier alpha value is -1.23. The summed E-state index contributed by atoms with van der Waals surface area (Å²) in [5.74, 6) is -0.653. The standard InChI is InChI=1S/C11H11BrN2O2/c12-4-7-3-8(6-13-5-7)9-1-2-10(15)14-11(9)16/h3,5-6,9H,1-2,4H2,(H,14,15,16). The molecule has 0 radical (unpaired) electrons. The van der Waals surface area contributed by atoms with Crippen LogP contribution in [0.1, 0.15) is 29.9 Å². The first-order chi connectivity index (χ1) is 7.70. The second kappa shape index (κ2) is 4.74. The van der Waals surface area contributed by atoms with E-state index in [1.165, 1.54) is 0 Å². The van der Waals surface area contributed by atoms with Crippen molar-refractivity contribution in [2.75, 3.05) is 0 Å². The molecule has 1 aromatic heterocycles. The molecule has 5 heteroatoms. The Labute approximate surface area is 102 Å². The second-order valence-corrected chi connectivity index (χ2v) is 4.32. The van der Waals surface area contributed by atoms with E-state index in [1.807, 2.05) is 6.07 Å². The number of imide groups is 1. The van der Waals surface area contributed by atoms with Crippen LogP contribution < -0.4 is 5.32 Å². The fourth-order valence-electron chi connectivity index (χ4n) is 1.78. The number of nitrogens with zero attached hydrogens (tertiary/aromatic N) is 1. The summed E-state index contributed by atoms with van der Waals surface area (Å²) in [7, 11) is 0. The van der Waals surface area contributed by atoms with Crippen molar-refractivity contribution in [1.82, 2.24) is 10.3 Å². The fraction of sp³-hybridized carbons (Fsp3) is 0.364. The molecule has 1 fully saturated rings. The SMILES string of the molecule is O=C1CCC(c2cncc(CBr)c2)C(=O)N1. The normalized spacial score (nSPS) is 20.7. The third-order valence-corrected chi connectivity index (χ3v) is 3.26. The van der Waals surface area contributed by atoms with Crippen LogP contribution in [0.25, 0.3) is 0 Å². The molecule has 1 aromatic rings. The van der Waals surface area contributed by atoms with Crippen molar-refractivity contribution in [1.29, 1.82) is 0 Å². The van der Waals surface area contributed by atoms with Crippen LogP contribution in [0.2, 0.25) is 0 Å². The summed E-state index contributed by atoms with van der Waals surface area (Å²) >= 11 is 3.35. The topological polar surface area (TPSA) is 59.1 Å². The van der Waals surface area contributed by atoms with Gasteiger partial charge in [-0.15, -0.1) is 0 Å². The predicted octanol–water partition coefficient (Wildman–Crippen LogP) is 1.50. The lowest BCUT2D eigenvalue weighted by Crippen LogP contribution is -2.39. The van der Waals surface area contributed by atoms with Crippen LogP contribution >= 0.6 is 15.9 Å². The highest BCUT2D eigenvalue weighted by atomic mass is 79.9. The number of piperidine rings is 1. The molecule has 1 aliphatic rings. The van der Waals surface area contributed by atoms with Gasteiger partial charge in [0.05, 0.1) is 5.92 Å². The van der Waals surface area contributed by atoms with Gasteiger partial charge >= 0.3 is 0 Å². The summed E-state index contributed by atoms with van der Waals surface area (Å²) in [5.41, 5.74) is 1.91. The van der Waals surface area contributed by atoms with Gasteiger partial charge < -0.3 is 0 Å². The summed E-state index contributed by atoms with van der Waals surface area (Å²) in [4.78, 5) is 26.7. The van der Waals surface area contributed by atoms with Crippen molar-refractivity contribution in [3.05, 3.63) is 29.6 Å². The van der Waals surface area contributed by atoms with Crippen LogP contribution in [0, 0.1) is 0 Å². The van der Waals surface area contributed by atoms with Crippen LogP contribution in [0.15, 0.2) is 18.5 Å². The first-order valence-corrected chi connectivity index (χ1v) is 6.16. The lowest BCUT2D eigenvalue weighted by molar-refractivity contribution is -0.134. The highest BCUT2D eigenvalue weighted by Crippen LogP contribution is 2.24. The molecule has 1 saturated heterocycles. The number of carbonyl (C=O) groups excluding carboxylic acids is 2. The van der Waals surface area contributed by atoms with Crippen molar-refractivity contribution in [3.8, 4) is 0 Å². The van der Waals surface area contributed by atoms with E-state index in [-0.39, 0.29) is 17.7 Å². The summed E-state index contributed by atoms with van der Waals surface area (Å²) in [5, 5.41) is 3.06. The van der Waals surface area contributed by atoms with E-state index >= 15 is 0 Å². The Kier molecular flexibility index (Phi) is 3.33. The first-order valence-electron chi connectivity index (χ1n) is 5.04. The van der Waals surface area contributed by atoms with Crippen LogP contribution in [0.3, 0.4) is 0 Å². The van der Waals surface area contributed by atoms with Gasteiger partial charge in [0.15, 0.2) is 0 Å². The number of rotatable bonds is 2. The highest BCUT2D eigenvalue weighted by molar-refractivity contribution is 9.08. The molecule has 0 aromatic carbocycles. The molecule has 4 nitrogen and oxygen atoms in total. The van der Waals surface area contributed by atoms with Crippen LogP contribution in [0.4, 0.5) is 0 Å². The smallest absolute Gasteiger partial charge is 0.234 e. The van der Waals surface area contributed by atoms with E-state index in [1.54, 1.807) is 12.4 Å². The predicted molar refractivity (Wildman–Crippen MR) is 62.0 cm³/mol. The average Bonchev–Trinajstić information content (AvgIpc) is 2.29. The average molecular weight is 283 g/mol. The maximum Gasteiger partial charge on any atom is 0.234 e. The zero-order valence-corrected chi connectivity index (χ0v) is 10.2. The molecular formula is C11H11BrN2O2. The minimum absolute atomic E-state index is 0.189. The molecule has 1 N–H and O–H groups in total. The van der Waals surface area contributed by atoms with Crippen molar-refractivity contribution in [3.63, 3.8) is 0 Å². The minimum atomic E-state index is -0.246. The highest BCUT2D eigenvalue weighted by Gasteiger charge is 2.28. The van der Waals surface area contributed by atoms with Crippen LogP contribution in [-0.4, -0.2) is 16.8 Å². The number of halogens is 1. The van der Waals surface area contributed by atoms with E-state index in [4.69, 9.17) is 0 Å². The van der Waals surface area contributed by atoms with Gasteiger partial charge in [-0.1, -0.05) is 22.0 Å². The molecule has 0 bridgehead atoms. The molecule has 2 rings (SSSR count). The van der Waals surface area contributed by atoms with Gasteiger partial charge in [0.2, 0.25) is 11.8 Å². The summed E-state index contributed by atoms with van der Waals surface area (Å²) in [6.45, 7) is 0. The van der Waals surface area contributed by atoms with Gasteiger partial charge in [-0.05, 0) is 17.5 Å². The molecule has 1 atom stereocenters. The van der Waals surface area contributed by atoms with Gasteiger partial charge in [-0.2, -0.15) is 0 Å². The Morgan fingerprint density at radius 2 is 2.25 bits per heavy atom. The van der Waals surface area contributed by atoms with E-state index in [2.05, 4.69) is 26.2 Å². The van der Waals surface area contributed by atoms with Crippen molar-refractivity contribution in [2.45, 2.75) is 24.1 Å². The largest absolute Gasteiger partial charge is 0.296 e. The maximum absolute atomic E-state index is 11.6. The van der Waals surface area contributed by atoms with Crippen LogP contribution in [-0.2, 0) is 14.9 Å². The first kappa shape index (κ1) is 11.3. The Morgan fingerprint density at radius 3 is 2.94 bits per heavy atom. The number of nitrogens with one attached hydrogen (secondary N) is 1. The zero-order chi connectivity index (χ0) is 11.5. The maximum atomic E-state index is 11.6. The molecule has 16 heavy (non-hydrogen) atoms. The van der Waals surface area contributed by atoms with E-state index in [9.17, 15) is 9.59 Å². The van der Waals surface area contributed by atoms with Crippen molar-refractivity contribution >= 4 is 27.7 Å². The quantitative estimate of drug-likeness (QED) is 0.661. The van der Waals surface area contributed by atoms with Gasteiger partial charge in [0.25, 0.3) is 0 Å². The number of carbonyl (C=O) groups is 2. The number of amides is 2. The number of alkyl halides is 1. The molecule has 0 saturated carbocycles. The van der Waals surface area contributed by atoms with Gasteiger partial charge in [0, 0.05) is 24.1 Å². The third kappa shape index (κ3) is 2.29. The minimum Gasteiger partial charge on any atom is -0.296 e. The zero-order valence-electron chi connectivity index (χ0n) is 8.57. The molecule has 2 heterocycles. The summed E-state index contributed by atoms with van der Waals surface area (Å²) in [6.07, 6.45) is 4.41. The third-order valence-electron chi connectivity index (χ3n) is 2.61. The number of pyridine rings is 1. The number of hydrogen-bond donors (Lipinski definition) is 1. The van der Waals surface area contributed by atoms with Gasteiger partial charge in [-0.25, -0.2) is 0 Å². The molecule has 1 aliphatic heterocycles. The molecule has 0 aliphatic carbocycles. The van der Waals surface area contributed by atoms with Gasteiger partial charge in [-0.3, -0.25) is 19.9 Å². The molecule has 1 unspecified atom stereocenters. The number of hydrogen-bond acceptors (Lipinski definition) is 3. The lowest BCUT2D eigenvalue weighted by atomic mass is 9.91. The molecule has 84 valence electrons. The van der Waals surface area contributed by atoms with E-state index in [0.29, 0.717) is 18.2 Å². The van der Waals surface area contributed by atoms with E-state index < -0.39 is 0 Å². The number of aromatic nitrogens is 1. The monoisotopic (exact) mass is 282 g/mol. The summed E-state index contributed by atoms with van der Waals surface area (Å²) in [6, 6.07) is 1.95. The summed E-state index contributed by atoms with van der Waals surface area (Å²) < 4.78 is 0. The van der Waals surface area contributed by atoms with Gasteiger partial charge in [0.1, 0.15) is 0 Å². The molecule has 0 spiro atoms. The Morgan fingerprint density at radius 1 is 1.44 bits per heavy atom. The Balaban J connectivity index is 2.23. The second-order valence-electron chi connectivity index (χ2n) is 3.76. The van der Waals surface area contributed by atoms with Crippen molar-refractivity contribution < 1.29 is 9.59 Å². The van der Waals surface area contributed by atoms with Crippen molar-refractivity contribution in [2.24, 2.45) is 0 Å². The fourth-order valence-corrected chi connectivity index (χ4v) is 2.09. The van der Waals surface area contributed by atoms with E-state index in [0.717, 1.165) is 11.1 Å². The lowest BCUT2D eigenvalue weighted by Gasteiger charge is -2.20. The molecule has 2 amide bonds. The Bertz CT molecular complexity index is 434. The molecular weight excluding hydrogens is 272 g/mol.